The first-order valence-corrected chi connectivity index (χ1v) is 12.9. The zero-order chi connectivity index (χ0) is 17.6. The predicted octanol–water partition coefficient (Wildman–Crippen LogP) is 6.10. The molecule has 1 saturated carbocycles. The van der Waals surface area contributed by atoms with E-state index in [1.54, 1.807) is 42.4 Å². The van der Waals surface area contributed by atoms with Gasteiger partial charge in [-0.25, -0.2) is 4.79 Å². The van der Waals surface area contributed by atoms with Crippen molar-refractivity contribution in [3.8, 4) is 0 Å². The minimum atomic E-state index is -0.368. The SMILES string of the molecule is CCC[SiH]1CCC([C@H]2CC[C@H](OC(=O)c3ccc(Cl)cc3)CC2)CC1. The molecule has 1 heterocycles. The second-order valence-electron chi connectivity index (χ2n) is 8.02. The molecule has 0 bridgehead atoms. The lowest BCUT2D eigenvalue weighted by atomic mass is 9.76. The van der Waals surface area contributed by atoms with E-state index in [4.69, 9.17) is 16.3 Å². The zero-order valence-corrected chi connectivity index (χ0v) is 17.3. The summed E-state index contributed by atoms with van der Waals surface area (Å²) < 4.78 is 5.73. The Morgan fingerprint density at radius 1 is 1.04 bits per heavy atom. The van der Waals surface area contributed by atoms with Crippen LogP contribution >= 0.6 is 11.6 Å². The van der Waals surface area contributed by atoms with Crippen LogP contribution in [0, 0.1) is 11.8 Å². The Balaban J connectivity index is 1.41. The highest BCUT2D eigenvalue weighted by atomic mass is 35.5. The molecule has 2 fully saturated rings. The van der Waals surface area contributed by atoms with E-state index in [0.29, 0.717) is 10.6 Å². The van der Waals surface area contributed by atoms with Gasteiger partial charge in [0.15, 0.2) is 0 Å². The van der Waals surface area contributed by atoms with Crippen LogP contribution in [0.2, 0.25) is 23.2 Å². The van der Waals surface area contributed by atoms with E-state index in [1.165, 1.54) is 32.1 Å². The van der Waals surface area contributed by atoms with Crippen molar-refractivity contribution in [2.24, 2.45) is 11.8 Å². The van der Waals surface area contributed by atoms with Crippen LogP contribution in [-0.4, -0.2) is 20.9 Å². The van der Waals surface area contributed by atoms with Crippen molar-refractivity contribution in [2.45, 2.75) is 76.1 Å². The van der Waals surface area contributed by atoms with E-state index in [9.17, 15) is 4.79 Å². The fourth-order valence-electron chi connectivity index (χ4n) is 4.84. The standard InChI is InChI=1S/C21H31ClO2Si/c1-2-13-25-14-11-17(12-15-25)16-5-9-20(10-6-16)24-21(23)18-3-7-19(22)8-4-18/h3-4,7-8,16-17,20,25H,2,5-6,9-15H2,1H3/t16-,17?,20-,25?. The van der Waals surface area contributed by atoms with Crippen LogP contribution in [0.3, 0.4) is 0 Å². The summed E-state index contributed by atoms with van der Waals surface area (Å²) in [5, 5.41) is 0.647. The van der Waals surface area contributed by atoms with Crippen LogP contribution in [0.25, 0.3) is 0 Å². The lowest BCUT2D eigenvalue weighted by Crippen LogP contribution is -2.31. The van der Waals surface area contributed by atoms with Gasteiger partial charge in [0.05, 0.1) is 5.56 Å². The molecule has 1 aromatic rings. The molecule has 3 rings (SSSR count). The van der Waals surface area contributed by atoms with Gasteiger partial charge in [0.2, 0.25) is 0 Å². The summed E-state index contributed by atoms with van der Waals surface area (Å²) in [4.78, 5) is 12.2. The quantitative estimate of drug-likeness (QED) is 0.456. The van der Waals surface area contributed by atoms with E-state index in [-0.39, 0.29) is 20.9 Å². The molecule has 1 aliphatic heterocycles. The number of ether oxygens (including phenoxy) is 1. The van der Waals surface area contributed by atoms with E-state index in [0.717, 1.165) is 24.7 Å². The first-order valence-electron chi connectivity index (χ1n) is 10.1. The molecule has 2 nitrogen and oxygen atoms in total. The minimum absolute atomic E-state index is 0.102. The van der Waals surface area contributed by atoms with Crippen LogP contribution in [0.4, 0.5) is 0 Å². The highest BCUT2D eigenvalue weighted by Gasteiger charge is 2.32. The average Bonchev–Trinajstić information content (AvgIpc) is 2.64. The Kier molecular flexibility index (Phi) is 7.00. The second-order valence-corrected chi connectivity index (χ2v) is 11.9. The summed E-state index contributed by atoms with van der Waals surface area (Å²) in [6, 6.07) is 11.7. The normalized spacial score (nSPS) is 30.0. The maximum Gasteiger partial charge on any atom is 0.338 e. The summed E-state index contributed by atoms with van der Waals surface area (Å²) in [5.74, 6) is 1.63. The Hall–Kier alpha value is -0.803. The van der Waals surface area contributed by atoms with Crippen LogP contribution in [-0.2, 0) is 4.74 Å². The maximum atomic E-state index is 12.2. The molecule has 0 atom stereocenters. The summed E-state index contributed by atoms with van der Waals surface area (Å²) >= 11 is 5.87. The zero-order valence-electron chi connectivity index (χ0n) is 15.4. The summed E-state index contributed by atoms with van der Waals surface area (Å²) in [7, 11) is -0.368. The largest absolute Gasteiger partial charge is 0.459 e. The Morgan fingerprint density at radius 3 is 2.24 bits per heavy atom. The number of carbonyl (C=O) groups is 1. The first-order chi connectivity index (χ1) is 12.2. The van der Waals surface area contributed by atoms with E-state index < -0.39 is 0 Å². The van der Waals surface area contributed by atoms with Crippen molar-refractivity contribution < 1.29 is 9.53 Å². The van der Waals surface area contributed by atoms with Gasteiger partial charge in [-0.1, -0.05) is 55.9 Å². The molecular formula is C21H31ClO2Si. The highest BCUT2D eigenvalue weighted by Crippen LogP contribution is 2.40. The molecule has 1 aliphatic carbocycles. The molecule has 4 heteroatoms. The Morgan fingerprint density at radius 2 is 1.64 bits per heavy atom. The molecule has 0 spiro atoms. The number of hydrogen-bond donors (Lipinski definition) is 0. The molecule has 0 radical (unpaired) electrons. The van der Waals surface area contributed by atoms with Gasteiger partial charge in [0.1, 0.15) is 6.10 Å². The minimum Gasteiger partial charge on any atom is -0.459 e. The van der Waals surface area contributed by atoms with E-state index >= 15 is 0 Å². The third-order valence-corrected chi connectivity index (χ3v) is 10.3. The number of carbonyl (C=O) groups excluding carboxylic acids is 1. The topological polar surface area (TPSA) is 26.3 Å². The highest BCUT2D eigenvalue weighted by molar-refractivity contribution is 6.58. The lowest BCUT2D eigenvalue weighted by molar-refractivity contribution is 0.0127. The fraction of sp³-hybridized carbons (Fsp3) is 0.667. The summed E-state index contributed by atoms with van der Waals surface area (Å²) in [6.45, 7) is 2.34. The summed E-state index contributed by atoms with van der Waals surface area (Å²) in [5.41, 5.74) is 0.603. The average molecular weight is 379 g/mol. The smallest absolute Gasteiger partial charge is 0.338 e. The van der Waals surface area contributed by atoms with Gasteiger partial charge in [0, 0.05) is 13.8 Å². The van der Waals surface area contributed by atoms with Gasteiger partial charge < -0.3 is 4.74 Å². The van der Waals surface area contributed by atoms with Gasteiger partial charge in [-0.05, 0) is 61.8 Å². The van der Waals surface area contributed by atoms with Gasteiger partial charge in [-0.3, -0.25) is 0 Å². The van der Waals surface area contributed by atoms with E-state index in [1.807, 2.05) is 0 Å². The van der Waals surface area contributed by atoms with Crippen molar-refractivity contribution in [2.75, 3.05) is 0 Å². The van der Waals surface area contributed by atoms with Crippen molar-refractivity contribution >= 4 is 26.4 Å². The maximum absolute atomic E-state index is 12.2. The third kappa shape index (κ3) is 5.34. The predicted molar refractivity (Wildman–Crippen MR) is 107 cm³/mol. The molecule has 138 valence electrons. The number of esters is 1. The van der Waals surface area contributed by atoms with Crippen molar-refractivity contribution in [1.29, 1.82) is 0 Å². The molecule has 0 unspecified atom stereocenters. The van der Waals surface area contributed by atoms with Crippen molar-refractivity contribution in [1.82, 2.24) is 0 Å². The summed E-state index contributed by atoms with van der Waals surface area (Å²) in [6.07, 6.45) is 9.02. The van der Waals surface area contributed by atoms with E-state index in [2.05, 4.69) is 6.92 Å². The van der Waals surface area contributed by atoms with Crippen molar-refractivity contribution in [3.05, 3.63) is 34.9 Å². The molecule has 1 aromatic carbocycles. The number of benzene rings is 1. The molecule has 25 heavy (non-hydrogen) atoms. The molecule has 1 saturated heterocycles. The molecule has 0 aromatic heterocycles. The first kappa shape index (κ1) is 19.0. The second kappa shape index (κ2) is 9.23. The van der Waals surface area contributed by atoms with Crippen LogP contribution < -0.4 is 0 Å². The third-order valence-electron chi connectivity index (χ3n) is 6.33. The van der Waals surface area contributed by atoms with Crippen LogP contribution in [0.1, 0.15) is 62.2 Å². The van der Waals surface area contributed by atoms with Gasteiger partial charge in [0.25, 0.3) is 0 Å². The Bertz CT molecular complexity index is 544. The molecule has 0 N–H and O–H groups in total. The number of rotatable bonds is 5. The van der Waals surface area contributed by atoms with Gasteiger partial charge >= 0.3 is 5.97 Å². The number of hydrogen-bond acceptors (Lipinski definition) is 2. The fourth-order valence-corrected chi connectivity index (χ4v) is 8.45. The lowest BCUT2D eigenvalue weighted by Gasteiger charge is -2.37. The molecular weight excluding hydrogens is 348 g/mol. The van der Waals surface area contributed by atoms with Crippen LogP contribution in [0.15, 0.2) is 24.3 Å². The molecule has 0 amide bonds. The number of halogens is 1. The molecule has 2 aliphatic rings. The Labute approximate surface area is 158 Å². The van der Waals surface area contributed by atoms with Gasteiger partial charge in [-0.15, -0.1) is 0 Å². The van der Waals surface area contributed by atoms with Crippen molar-refractivity contribution in [3.63, 3.8) is 0 Å². The van der Waals surface area contributed by atoms with Crippen LogP contribution in [0.5, 0.6) is 0 Å². The van der Waals surface area contributed by atoms with Gasteiger partial charge in [-0.2, -0.15) is 0 Å². The monoisotopic (exact) mass is 378 g/mol.